The predicted octanol–water partition coefficient (Wildman–Crippen LogP) is 1.94. The van der Waals surface area contributed by atoms with E-state index in [1.165, 1.54) is 0 Å². The number of aromatic nitrogens is 1. The van der Waals surface area contributed by atoms with Crippen LogP contribution in [0.1, 0.15) is 32.3 Å². The van der Waals surface area contributed by atoms with Crippen molar-refractivity contribution in [3.63, 3.8) is 0 Å². The van der Waals surface area contributed by atoms with Crippen LogP contribution in [0.4, 0.5) is 5.82 Å². The van der Waals surface area contributed by atoms with Gasteiger partial charge in [0.05, 0.1) is 12.2 Å². The molecule has 0 saturated carbocycles. The van der Waals surface area contributed by atoms with Gasteiger partial charge in [0, 0.05) is 18.8 Å². The highest BCUT2D eigenvalue weighted by atomic mass is 16.3. The van der Waals surface area contributed by atoms with E-state index in [0.717, 1.165) is 12.8 Å². The lowest BCUT2D eigenvalue weighted by molar-refractivity contribution is 0.295. The second kappa shape index (κ2) is 6.87. The van der Waals surface area contributed by atoms with Crippen molar-refractivity contribution < 1.29 is 5.11 Å². The third kappa shape index (κ3) is 3.18. The van der Waals surface area contributed by atoms with E-state index in [4.69, 9.17) is 10.4 Å². The van der Waals surface area contributed by atoms with Gasteiger partial charge in [-0.05, 0) is 25.0 Å². The van der Waals surface area contributed by atoms with Crippen molar-refractivity contribution in [1.29, 1.82) is 5.26 Å². The fourth-order valence-corrected chi connectivity index (χ4v) is 2.01. The fourth-order valence-electron chi connectivity index (χ4n) is 2.01. The summed E-state index contributed by atoms with van der Waals surface area (Å²) >= 11 is 0. The second-order valence-electron chi connectivity index (χ2n) is 3.87. The molecule has 1 rings (SSSR count). The summed E-state index contributed by atoms with van der Waals surface area (Å²) in [5, 5.41) is 18.2. The molecule has 0 aromatic carbocycles. The summed E-state index contributed by atoms with van der Waals surface area (Å²) in [6.07, 6.45) is 3.62. The first-order valence-electron chi connectivity index (χ1n) is 6.01. The number of hydrogen-bond donors (Lipinski definition) is 1. The number of rotatable bonds is 6. The van der Waals surface area contributed by atoms with Crippen molar-refractivity contribution in [2.75, 3.05) is 18.1 Å². The van der Waals surface area contributed by atoms with Crippen LogP contribution >= 0.6 is 0 Å². The minimum atomic E-state index is 0.0674. The number of hydrogen-bond acceptors (Lipinski definition) is 4. The molecule has 0 saturated heterocycles. The topological polar surface area (TPSA) is 60.1 Å². The highest BCUT2D eigenvalue weighted by molar-refractivity contribution is 5.54. The first-order chi connectivity index (χ1) is 8.28. The number of pyridine rings is 1. The molecule has 1 aromatic rings. The zero-order valence-electron chi connectivity index (χ0n) is 10.4. The van der Waals surface area contributed by atoms with Gasteiger partial charge in [-0.1, -0.05) is 13.8 Å². The Balaban J connectivity index is 3.09. The van der Waals surface area contributed by atoms with Crippen LogP contribution in [0.2, 0.25) is 0 Å². The van der Waals surface area contributed by atoms with Crippen LogP contribution in [0.5, 0.6) is 0 Å². The van der Waals surface area contributed by atoms with E-state index in [-0.39, 0.29) is 6.61 Å². The largest absolute Gasteiger partial charge is 0.395 e. The van der Waals surface area contributed by atoms with E-state index in [1.54, 1.807) is 18.3 Å². The molecular weight excluding hydrogens is 214 g/mol. The fraction of sp³-hybridized carbons (Fsp3) is 0.538. The first kappa shape index (κ1) is 13.5. The number of aliphatic hydroxyl groups excluding tert-OH is 1. The third-order valence-electron chi connectivity index (χ3n) is 2.90. The predicted molar refractivity (Wildman–Crippen MR) is 67.8 cm³/mol. The van der Waals surface area contributed by atoms with E-state index < -0.39 is 0 Å². The van der Waals surface area contributed by atoms with Gasteiger partial charge in [0.1, 0.15) is 11.9 Å². The molecular formula is C13H19N3O. The maximum atomic E-state index is 9.15. The molecule has 0 amide bonds. The highest BCUT2D eigenvalue weighted by Crippen LogP contribution is 2.21. The number of anilines is 1. The second-order valence-corrected chi connectivity index (χ2v) is 3.87. The molecule has 0 bridgehead atoms. The molecule has 0 spiro atoms. The Bertz CT molecular complexity index is 382. The molecule has 4 heteroatoms. The summed E-state index contributed by atoms with van der Waals surface area (Å²) in [4.78, 5) is 6.30. The standard InChI is InChI=1S/C13H19N3O/c1-3-12(4-2)16(8-9-17)13-11(10-14)6-5-7-15-13/h5-7,12,17H,3-4,8-9H2,1-2H3. The maximum absolute atomic E-state index is 9.15. The molecule has 0 radical (unpaired) electrons. The van der Waals surface area contributed by atoms with Crippen LogP contribution in [0.3, 0.4) is 0 Å². The molecule has 0 aliphatic heterocycles. The van der Waals surface area contributed by atoms with Crippen molar-refractivity contribution in [2.24, 2.45) is 0 Å². The summed E-state index contributed by atoms with van der Waals surface area (Å²) in [6.45, 7) is 4.79. The van der Waals surface area contributed by atoms with Crippen molar-refractivity contribution >= 4 is 5.82 Å². The molecule has 92 valence electrons. The van der Waals surface area contributed by atoms with Gasteiger partial charge in [0.15, 0.2) is 0 Å². The van der Waals surface area contributed by atoms with Crippen LogP contribution in [-0.2, 0) is 0 Å². The van der Waals surface area contributed by atoms with Crippen LogP contribution in [0, 0.1) is 11.3 Å². The van der Waals surface area contributed by atoms with Crippen molar-refractivity contribution in [3.05, 3.63) is 23.9 Å². The van der Waals surface area contributed by atoms with E-state index in [0.29, 0.717) is 24.0 Å². The molecule has 1 aromatic heterocycles. The lowest BCUT2D eigenvalue weighted by Crippen LogP contribution is -2.37. The Morgan fingerprint density at radius 2 is 2.18 bits per heavy atom. The van der Waals surface area contributed by atoms with Gasteiger partial charge in [0.2, 0.25) is 0 Å². The summed E-state index contributed by atoms with van der Waals surface area (Å²) in [6, 6.07) is 5.98. The molecule has 0 aliphatic carbocycles. The van der Waals surface area contributed by atoms with Gasteiger partial charge in [-0.15, -0.1) is 0 Å². The molecule has 0 atom stereocenters. The Kier molecular flexibility index (Phi) is 5.44. The molecule has 0 aliphatic rings. The van der Waals surface area contributed by atoms with Gasteiger partial charge in [-0.2, -0.15) is 5.26 Å². The van der Waals surface area contributed by atoms with Crippen molar-refractivity contribution in [3.8, 4) is 6.07 Å². The van der Waals surface area contributed by atoms with Gasteiger partial charge in [-0.25, -0.2) is 4.98 Å². The Hall–Kier alpha value is -1.60. The molecule has 17 heavy (non-hydrogen) atoms. The molecule has 1 heterocycles. The van der Waals surface area contributed by atoms with Gasteiger partial charge >= 0.3 is 0 Å². The highest BCUT2D eigenvalue weighted by Gasteiger charge is 2.18. The van der Waals surface area contributed by atoms with E-state index in [1.807, 2.05) is 4.90 Å². The van der Waals surface area contributed by atoms with Crippen molar-refractivity contribution in [1.82, 2.24) is 4.98 Å². The van der Waals surface area contributed by atoms with Crippen LogP contribution in [0.15, 0.2) is 18.3 Å². The van der Waals surface area contributed by atoms with Crippen LogP contribution in [-0.4, -0.2) is 29.3 Å². The number of aliphatic hydroxyl groups is 1. The lowest BCUT2D eigenvalue weighted by atomic mass is 10.1. The zero-order chi connectivity index (χ0) is 12.7. The normalized spacial score (nSPS) is 10.3. The Morgan fingerprint density at radius 1 is 1.47 bits per heavy atom. The lowest BCUT2D eigenvalue weighted by Gasteiger charge is -2.31. The van der Waals surface area contributed by atoms with E-state index in [9.17, 15) is 0 Å². The summed E-state index contributed by atoms with van der Waals surface area (Å²) in [5.41, 5.74) is 0.563. The third-order valence-corrected chi connectivity index (χ3v) is 2.90. The van der Waals surface area contributed by atoms with E-state index >= 15 is 0 Å². The first-order valence-corrected chi connectivity index (χ1v) is 6.01. The quantitative estimate of drug-likeness (QED) is 0.815. The number of nitrogens with zero attached hydrogens (tertiary/aromatic N) is 3. The van der Waals surface area contributed by atoms with Gasteiger partial charge < -0.3 is 10.0 Å². The minimum Gasteiger partial charge on any atom is -0.395 e. The average Bonchev–Trinajstić information content (AvgIpc) is 2.39. The van der Waals surface area contributed by atoms with Gasteiger partial charge in [0.25, 0.3) is 0 Å². The van der Waals surface area contributed by atoms with Gasteiger partial charge in [-0.3, -0.25) is 0 Å². The monoisotopic (exact) mass is 233 g/mol. The Morgan fingerprint density at radius 3 is 2.71 bits per heavy atom. The molecule has 4 nitrogen and oxygen atoms in total. The average molecular weight is 233 g/mol. The summed E-state index contributed by atoms with van der Waals surface area (Å²) < 4.78 is 0. The summed E-state index contributed by atoms with van der Waals surface area (Å²) in [7, 11) is 0. The van der Waals surface area contributed by atoms with E-state index in [2.05, 4.69) is 24.9 Å². The smallest absolute Gasteiger partial charge is 0.146 e. The molecule has 0 unspecified atom stereocenters. The maximum Gasteiger partial charge on any atom is 0.146 e. The van der Waals surface area contributed by atoms with Crippen LogP contribution < -0.4 is 4.90 Å². The molecule has 1 N–H and O–H groups in total. The zero-order valence-corrected chi connectivity index (χ0v) is 10.4. The SMILES string of the molecule is CCC(CC)N(CCO)c1ncccc1C#N. The minimum absolute atomic E-state index is 0.0674. The van der Waals surface area contributed by atoms with Crippen molar-refractivity contribution in [2.45, 2.75) is 32.7 Å². The molecule has 0 fully saturated rings. The Labute approximate surface area is 103 Å². The number of nitriles is 1. The summed E-state index contributed by atoms with van der Waals surface area (Å²) in [5.74, 6) is 0.678. The van der Waals surface area contributed by atoms with Crippen LogP contribution in [0.25, 0.3) is 0 Å².